The molecular formula is C20H23NO5. The predicted molar refractivity (Wildman–Crippen MR) is 101 cm³/mol. The fraction of sp³-hybridized carbons (Fsp3) is 0.200. The van der Waals surface area contributed by atoms with Crippen molar-refractivity contribution in [3.05, 3.63) is 54.7 Å². The van der Waals surface area contributed by atoms with Crippen LogP contribution in [0, 0.1) is 0 Å². The van der Waals surface area contributed by atoms with Gasteiger partial charge in [0.05, 0.1) is 0 Å². The Bertz CT molecular complexity index is 840. The second-order valence-corrected chi connectivity index (χ2v) is 5.29. The number of carboxylic acid groups (broad SMARTS) is 2. The summed E-state index contributed by atoms with van der Waals surface area (Å²) >= 11 is 0. The number of hydrogen-bond acceptors (Lipinski definition) is 3. The highest BCUT2D eigenvalue weighted by atomic mass is 16.4. The maximum absolute atomic E-state index is 9.78. The molecule has 0 aliphatic rings. The van der Waals surface area contributed by atoms with Gasteiger partial charge in [-0.15, -0.1) is 0 Å². The number of aromatic nitrogens is 1. The summed E-state index contributed by atoms with van der Waals surface area (Å²) in [4.78, 5) is 21.9. The first-order chi connectivity index (χ1) is 12.4. The average molecular weight is 357 g/mol. The van der Waals surface area contributed by atoms with Crippen LogP contribution in [0.3, 0.4) is 0 Å². The number of aromatic amines is 1. The van der Waals surface area contributed by atoms with Gasteiger partial charge < -0.3 is 20.3 Å². The summed E-state index contributed by atoms with van der Waals surface area (Å²) in [5.74, 6) is -1.17. The number of nitrogens with one attached hydrogen (secondary N) is 1. The number of carbonyl (C=O) groups is 2. The van der Waals surface area contributed by atoms with Crippen LogP contribution in [0.15, 0.2) is 54.7 Å². The Labute approximate surface area is 151 Å². The fourth-order valence-corrected chi connectivity index (χ4v) is 1.94. The van der Waals surface area contributed by atoms with Crippen LogP contribution in [0.5, 0.6) is 5.75 Å². The van der Waals surface area contributed by atoms with E-state index in [9.17, 15) is 14.7 Å². The van der Waals surface area contributed by atoms with Crippen molar-refractivity contribution in [1.82, 2.24) is 4.98 Å². The highest BCUT2D eigenvalue weighted by Gasteiger charge is 2.04. The maximum atomic E-state index is 9.78. The van der Waals surface area contributed by atoms with Crippen LogP contribution in [0.2, 0.25) is 0 Å². The largest absolute Gasteiger partial charge is 0.507 e. The molecule has 0 saturated heterocycles. The molecule has 0 aliphatic heterocycles. The molecule has 6 heteroatoms. The number of phenolic OH excluding ortho intramolecular Hbond substituents is 1. The third-order valence-electron chi connectivity index (χ3n) is 3.37. The van der Waals surface area contributed by atoms with E-state index in [0.29, 0.717) is 5.75 Å². The first-order valence-corrected chi connectivity index (χ1v) is 8.18. The predicted octanol–water partition coefficient (Wildman–Crippen LogP) is 4.50. The number of aliphatic carboxylic acids is 2. The van der Waals surface area contributed by atoms with Gasteiger partial charge in [-0.05, 0) is 35.2 Å². The summed E-state index contributed by atoms with van der Waals surface area (Å²) < 4.78 is 0. The molecule has 0 saturated carbocycles. The van der Waals surface area contributed by atoms with Crippen molar-refractivity contribution in [1.29, 1.82) is 0 Å². The normalized spacial score (nSPS) is 9.46. The summed E-state index contributed by atoms with van der Waals surface area (Å²) in [5.41, 5.74) is 3.01. The monoisotopic (exact) mass is 357 g/mol. The topological polar surface area (TPSA) is 111 Å². The second-order valence-electron chi connectivity index (χ2n) is 5.29. The minimum absolute atomic E-state index is 0.222. The SMILES string of the molecule is CCC(=O)O.CCC(=O)O.Oc1ccccc1-c1ccc2[nH]ccc2c1. The lowest BCUT2D eigenvalue weighted by molar-refractivity contribution is -0.137. The first-order valence-electron chi connectivity index (χ1n) is 8.18. The number of para-hydroxylation sites is 1. The number of phenols is 1. The third-order valence-corrected chi connectivity index (χ3v) is 3.37. The van der Waals surface area contributed by atoms with Crippen molar-refractivity contribution in [3.8, 4) is 16.9 Å². The van der Waals surface area contributed by atoms with Gasteiger partial charge >= 0.3 is 11.9 Å². The Morgan fingerprint density at radius 1 is 0.923 bits per heavy atom. The number of aromatic hydroxyl groups is 1. The van der Waals surface area contributed by atoms with Crippen LogP contribution in [0.25, 0.3) is 22.0 Å². The standard InChI is InChI=1S/C14H11NO.2C3H6O2/c16-14-4-2-1-3-12(14)10-5-6-13-11(9-10)7-8-15-13;2*1-2-3(4)5/h1-9,15-16H;2*2H2,1H3,(H,4,5). The van der Waals surface area contributed by atoms with Crippen molar-refractivity contribution in [2.45, 2.75) is 26.7 Å². The highest BCUT2D eigenvalue weighted by molar-refractivity contribution is 5.86. The van der Waals surface area contributed by atoms with Crippen LogP contribution in [0.4, 0.5) is 0 Å². The Morgan fingerprint density at radius 3 is 2.04 bits per heavy atom. The summed E-state index contributed by atoms with van der Waals surface area (Å²) in [6, 6.07) is 15.5. The molecule has 3 aromatic rings. The molecule has 6 nitrogen and oxygen atoms in total. The zero-order valence-corrected chi connectivity index (χ0v) is 14.8. The van der Waals surface area contributed by atoms with Crippen LogP contribution in [0.1, 0.15) is 26.7 Å². The average Bonchev–Trinajstić information content (AvgIpc) is 3.10. The third kappa shape index (κ3) is 6.68. The smallest absolute Gasteiger partial charge is 0.303 e. The van der Waals surface area contributed by atoms with Gasteiger partial charge in [-0.3, -0.25) is 9.59 Å². The molecule has 0 amide bonds. The highest BCUT2D eigenvalue weighted by Crippen LogP contribution is 2.30. The van der Waals surface area contributed by atoms with Gasteiger partial charge in [0.25, 0.3) is 0 Å². The lowest BCUT2D eigenvalue weighted by atomic mass is 10.0. The molecule has 3 rings (SSSR count). The number of fused-ring (bicyclic) bond motifs is 1. The van der Waals surface area contributed by atoms with Gasteiger partial charge in [0.15, 0.2) is 0 Å². The first kappa shape index (κ1) is 20.8. The van der Waals surface area contributed by atoms with Crippen molar-refractivity contribution in [2.24, 2.45) is 0 Å². The van der Waals surface area contributed by atoms with E-state index in [4.69, 9.17) is 10.2 Å². The van der Waals surface area contributed by atoms with E-state index >= 15 is 0 Å². The Balaban J connectivity index is 0.000000284. The molecule has 1 aromatic heterocycles. The fourth-order valence-electron chi connectivity index (χ4n) is 1.94. The van der Waals surface area contributed by atoms with Crippen LogP contribution in [-0.2, 0) is 9.59 Å². The summed E-state index contributed by atoms with van der Waals surface area (Å²) in [6.07, 6.45) is 2.36. The number of rotatable bonds is 3. The second kappa shape index (κ2) is 10.6. The Morgan fingerprint density at radius 2 is 1.50 bits per heavy atom. The van der Waals surface area contributed by atoms with Gasteiger partial charge in [-0.1, -0.05) is 38.1 Å². The van der Waals surface area contributed by atoms with E-state index in [-0.39, 0.29) is 12.8 Å². The molecule has 4 N–H and O–H groups in total. The zero-order chi connectivity index (χ0) is 19.5. The molecule has 0 bridgehead atoms. The van der Waals surface area contributed by atoms with E-state index in [2.05, 4.69) is 11.1 Å². The lowest BCUT2D eigenvalue weighted by Gasteiger charge is -2.04. The van der Waals surface area contributed by atoms with Crippen molar-refractivity contribution >= 4 is 22.8 Å². The number of hydrogen-bond donors (Lipinski definition) is 4. The van der Waals surface area contributed by atoms with Crippen molar-refractivity contribution < 1.29 is 24.9 Å². The molecule has 0 atom stereocenters. The van der Waals surface area contributed by atoms with Gasteiger partial charge in [0, 0.05) is 30.1 Å². The minimum atomic E-state index is -0.745. The molecular weight excluding hydrogens is 334 g/mol. The summed E-state index contributed by atoms with van der Waals surface area (Å²) in [5, 5.41) is 26.4. The van der Waals surface area contributed by atoms with Crippen molar-refractivity contribution in [2.75, 3.05) is 0 Å². The zero-order valence-electron chi connectivity index (χ0n) is 14.8. The Hall–Kier alpha value is -3.28. The van der Waals surface area contributed by atoms with E-state index in [1.165, 1.54) is 0 Å². The summed E-state index contributed by atoms with van der Waals surface area (Å²) in [6.45, 7) is 3.20. The molecule has 0 aliphatic carbocycles. The molecule has 0 unspecified atom stereocenters. The Kier molecular flexibility index (Phi) is 8.43. The van der Waals surface area contributed by atoms with Crippen LogP contribution < -0.4 is 0 Å². The van der Waals surface area contributed by atoms with Gasteiger partial charge in [-0.25, -0.2) is 0 Å². The van der Waals surface area contributed by atoms with Crippen molar-refractivity contribution in [3.63, 3.8) is 0 Å². The van der Waals surface area contributed by atoms with Gasteiger partial charge in [-0.2, -0.15) is 0 Å². The minimum Gasteiger partial charge on any atom is -0.507 e. The number of H-pyrrole nitrogens is 1. The number of benzene rings is 2. The van der Waals surface area contributed by atoms with Crippen LogP contribution in [-0.4, -0.2) is 32.2 Å². The molecule has 2 aromatic carbocycles. The van der Waals surface area contributed by atoms with E-state index in [0.717, 1.165) is 22.0 Å². The van der Waals surface area contributed by atoms with E-state index in [1.807, 2.05) is 42.6 Å². The molecule has 26 heavy (non-hydrogen) atoms. The molecule has 0 fully saturated rings. The quantitative estimate of drug-likeness (QED) is 0.551. The van der Waals surface area contributed by atoms with Gasteiger partial charge in [0.2, 0.25) is 0 Å². The van der Waals surface area contributed by atoms with Gasteiger partial charge in [0.1, 0.15) is 5.75 Å². The summed E-state index contributed by atoms with van der Waals surface area (Å²) in [7, 11) is 0. The van der Waals surface area contributed by atoms with E-state index < -0.39 is 11.9 Å². The maximum Gasteiger partial charge on any atom is 0.303 e. The van der Waals surface area contributed by atoms with Crippen LogP contribution >= 0.6 is 0 Å². The lowest BCUT2D eigenvalue weighted by Crippen LogP contribution is -1.86. The van der Waals surface area contributed by atoms with E-state index in [1.54, 1.807) is 19.9 Å². The molecule has 0 spiro atoms. The molecule has 1 heterocycles. The number of carboxylic acids is 2. The molecule has 0 radical (unpaired) electrons. The molecule has 138 valence electrons.